The van der Waals surface area contributed by atoms with Crippen molar-refractivity contribution in [2.75, 3.05) is 6.54 Å². The van der Waals surface area contributed by atoms with Crippen molar-refractivity contribution < 1.29 is 14.4 Å². The number of nitrogens with one attached hydrogen (secondary N) is 3. The minimum absolute atomic E-state index is 0.281. The van der Waals surface area contributed by atoms with Gasteiger partial charge in [-0.2, -0.15) is 0 Å². The quantitative estimate of drug-likeness (QED) is 0.724. The van der Waals surface area contributed by atoms with Gasteiger partial charge in [-0.05, 0) is 31.9 Å². The van der Waals surface area contributed by atoms with E-state index in [-0.39, 0.29) is 18.5 Å². The molecule has 1 aromatic heterocycles. The van der Waals surface area contributed by atoms with Gasteiger partial charge in [0.25, 0.3) is 5.91 Å². The Bertz CT molecular complexity index is 851. The van der Waals surface area contributed by atoms with Crippen molar-refractivity contribution in [3.05, 3.63) is 30.1 Å². The standard InChI is InChI=1S/C18H21N5O3/c1-11(15-20-12-6-2-3-7-13(12)21-15)19-14(24)10-23-16(25)18(22-17(23)26)8-4-5-9-18/h2-3,6-7,11H,4-5,8-10H2,1H3,(H,19,24)(H,20,21)(H,22,26)/t11-/m0/s1. The van der Waals surface area contributed by atoms with Crippen LogP contribution in [-0.2, 0) is 9.59 Å². The van der Waals surface area contributed by atoms with E-state index in [2.05, 4.69) is 20.6 Å². The highest BCUT2D eigenvalue weighted by Crippen LogP contribution is 2.34. The van der Waals surface area contributed by atoms with Gasteiger partial charge in [-0.1, -0.05) is 25.0 Å². The molecule has 1 atom stereocenters. The second kappa shape index (κ2) is 6.12. The topological polar surface area (TPSA) is 107 Å². The van der Waals surface area contributed by atoms with Gasteiger partial charge in [0.1, 0.15) is 17.9 Å². The number of rotatable bonds is 4. The molecule has 1 saturated heterocycles. The molecular weight excluding hydrogens is 334 g/mol. The molecule has 1 saturated carbocycles. The number of carbonyl (C=O) groups excluding carboxylic acids is 3. The zero-order valence-electron chi connectivity index (χ0n) is 14.5. The Kier molecular flexibility index (Phi) is 3.90. The average molecular weight is 355 g/mol. The van der Waals surface area contributed by atoms with Crippen LogP contribution in [-0.4, -0.2) is 44.8 Å². The van der Waals surface area contributed by atoms with Crippen molar-refractivity contribution in [3.8, 4) is 0 Å². The summed E-state index contributed by atoms with van der Waals surface area (Å²) in [4.78, 5) is 45.7. The van der Waals surface area contributed by atoms with Crippen LogP contribution in [0.15, 0.2) is 24.3 Å². The summed E-state index contributed by atoms with van der Waals surface area (Å²) < 4.78 is 0. The van der Waals surface area contributed by atoms with Gasteiger partial charge in [-0.3, -0.25) is 14.5 Å². The number of imide groups is 1. The molecule has 0 unspecified atom stereocenters. The lowest BCUT2D eigenvalue weighted by atomic mass is 9.98. The number of aromatic nitrogens is 2. The van der Waals surface area contributed by atoms with E-state index in [1.54, 1.807) is 6.92 Å². The van der Waals surface area contributed by atoms with Crippen LogP contribution in [0, 0.1) is 0 Å². The summed E-state index contributed by atoms with van der Waals surface area (Å²) in [6, 6.07) is 6.75. The van der Waals surface area contributed by atoms with Crippen LogP contribution in [0.3, 0.4) is 0 Å². The molecule has 1 aliphatic carbocycles. The monoisotopic (exact) mass is 355 g/mol. The molecule has 8 nitrogen and oxygen atoms in total. The van der Waals surface area contributed by atoms with Gasteiger partial charge in [0.15, 0.2) is 0 Å². The lowest BCUT2D eigenvalue weighted by molar-refractivity contribution is -0.135. The van der Waals surface area contributed by atoms with Crippen LogP contribution in [0.5, 0.6) is 0 Å². The number of fused-ring (bicyclic) bond motifs is 1. The molecule has 136 valence electrons. The third-order valence-electron chi connectivity index (χ3n) is 5.20. The number of nitrogens with zero attached hydrogens (tertiary/aromatic N) is 2. The van der Waals surface area contributed by atoms with Gasteiger partial charge in [0.05, 0.1) is 17.1 Å². The number of carbonyl (C=O) groups is 3. The van der Waals surface area contributed by atoms with E-state index in [0.29, 0.717) is 18.7 Å². The predicted molar refractivity (Wildman–Crippen MR) is 94.1 cm³/mol. The average Bonchev–Trinajstić information content (AvgIpc) is 3.30. The smallest absolute Gasteiger partial charge is 0.325 e. The first-order chi connectivity index (χ1) is 12.5. The van der Waals surface area contributed by atoms with Crippen LogP contribution < -0.4 is 10.6 Å². The van der Waals surface area contributed by atoms with Crippen molar-refractivity contribution in [3.63, 3.8) is 0 Å². The van der Waals surface area contributed by atoms with E-state index in [1.807, 2.05) is 24.3 Å². The van der Waals surface area contributed by atoms with Crippen LogP contribution >= 0.6 is 0 Å². The first kappa shape index (κ1) is 16.6. The van der Waals surface area contributed by atoms with Crippen LogP contribution in [0.4, 0.5) is 4.79 Å². The van der Waals surface area contributed by atoms with Gasteiger partial charge >= 0.3 is 6.03 Å². The van der Waals surface area contributed by atoms with E-state index >= 15 is 0 Å². The van der Waals surface area contributed by atoms with Crippen molar-refractivity contribution >= 4 is 28.9 Å². The molecule has 1 aromatic carbocycles. The Labute approximate surface area is 150 Å². The number of benzene rings is 1. The van der Waals surface area contributed by atoms with E-state index in [9.17, 15) is 14.4 Å². The van der Waals surface area contributed by atoms with E-state index in [0.717, 1.165) is 28.8 Å². The molecule has 1 spiro atoms. The Morgan fingerprint density at radius 2 is 2.04 bits per heavy atom. The molecular formula is C18H21N5O3. The van der Waals surface area contributed by atoms with Gasteiger partial charge in [-0.15, -0.1) is 0 Å². The number of amides is 4. The maximum atomic E-state index is 12.6. The molecule has 2 aliphatic rings. The largest absolute Gasteiger partial charge is 0.345 e. The van der Waals surface area contributed by atoms with E-state index in [1.165, 1.54) is 0 Å². The fraction of sp³-hybridized carbons (Fsp3) is 0.444. The van der Waals surface area contributed by atoms with Crippen molar-refractivity contribution in [2.24, 2.45) is 0 Å². The Morgan fingerprint density at radius 3 is 2.77 bits per heavy atom. The number of urea groups is 1. The second-order valence-electron chi connectivity index (χ2n) is 7.04. The van der Waals surface area contributed by atoms with Crippen LogP contribution in [0.25, 0.3) is 11.0 Å². The molecule has 2 fully saturated rings. The highest BCUT2D eigenvalue weighted by Gasteiger charge is 2.52. The minimum Gasteiger partial charge on any atom is -0.345 e. The third kappa shape index (κ3) is 2.71. The highest BCUT2D eigenvalue weighted by atomic mass is 16.2. The van der Waals surface area contributed by atoms with Gasteiger partial charge in [0.2, 0.25) is 5.91 Å². The Balaban J connectivity index is 1.42. The molecule has 0 bridgehead atoms. The maximum absolute atomic E-state index is 12.6. The predicted octanol–water partition coefficient (Wildman–Crippen LogP) is 1.60. The lowest BCUT2D eigenvalue weighted by Gasteiger charge is -2.20. The van der Waals surface area contributed by atoms with E-state index < -0.39 is 17.5 Å². The van der Waals surface area contributed by atoms with Crippen molar-refractivity contribution in [2.45, 2.75) is 44.2 Å². The first-order valence-electron chi connectivity index (χ1n) is 8.87. The molecule has 2 aromatic rings. The number of para-hydroxylation sites is 2. The Morgan fingerprint density at radius 1 is 1.31 bits per heavy atom. The van der Waals surface area contributed by atoms with Crippen molar-refractivity contribution in [1.82, 2.24) is 25.5 Å². The summed E-state index contributed by atoms with van der Waals surface area (Å²) in [7, 11) is 0. The highest BCUT2D eigenvalue weighted by molar-refractivity contribution is 6.09. The molecule has 0 radical (unpaired) electrons. The fourth-order valence-electron chi connectivity index (χ4n) is 3.81. The van der Waals surface area contributed by atoms with Crippen LogP contribution in [0.1, 0.15) is 44.5 Å². The summed E-state index contributed by atoms with van der Waals surface area (Å²) in [5.41, 5.74) is 0.920. The van der Waals surface area contributed by atoms with E-state index in [4.69, 9.17) is 0 Å². The van der Waals surface area contributed by atoms with Gasteiger partial charge in [-0.25, -0.2) is 9.78 Å². The maximum Gasteiger partial charge on any atom is 0.325 e. The second-order valence-corrected chi connectivity index (χ2v) is 7.04. The van der Waals surface area contributed by atoms with Gasteiger partial charge < -0.3 is 15.6 Å². The summed E-state index contributed by atoms with van der Waals surface area (Å²) >= 11 is 0. The molecule has 2 heterocycles. The molecule has 3 N–H and O–H groups in total. The number of aromatic amines is 1. The summed E-state index contributed by atoms with van der Waals surface area (Å²) in [6.45, 7) is 1.52. The summed E-state index contributed by atoms with van der Waals surface area (Å²) in [5.74, 6) is -0.0490. The van der Waals surface area contributed by atoms with Crippen molar-refractivity contribution in [1.29, 1.82) is 0 Å². The normalized spacial score (nSPS) is 20.0. The molecule has 4 rings (SSSR count). The number of imidazole rings is 1. The third-order valence-corrected chi connectivity index (χ3v) is 5.20. The number of hydrogen-bond donors (Lipinski definition) is 3. The zero-order valence-corrected chi connectivity index (χ0v) is 14.5. The number of H-pyrrole nitrogens is 1. The molecule has 8 heteroatoms. The summed E-state index contributed by atoms with van der Waals surface area (Å²) in [5, 5.41) is 5.57. The Hall–Kier alpha value is -2.90. The fourth-order valence-corrected chi connectivity index (χ4v) is 3.81. The first-order valence-corrected chi connectivity index (χ1v) is 8.87. The molecule has 4 amide bonds. The number of hydrogen-bond acceptors (Lipinski definition) is 4. The molecule has 1 aliphatic heterocycles. The van der Waals surface area contributed by atoms with Gasteiger partial charge in [0, 0.05) is 0 Å². The zero-order chi connectivity index (χ0) is 18.3. The van der Waals surface area contributed by atoms with Crippen LogP contribution in [0.2, 0.25) is 0 Å². The SMILES string of the molecule is C[C@H](NC(=O)CN1C(=O)NC2(CCCC2)C1=O)c1nc2ccccc2[nH]1. The lowest BCUT2D eigenvalue weighted by Crippen LogP contribution is -2.45. The summed E-state index contributed by atoms with van der Waals surface area (Å²) in [6.07, 6.45) is 3.11. The minimum atomic E-state index is -0.790. The molecule has 26 heavy (non-hydrogen) atoms.